The summed E-state index contributed by atoms with van der Waals surface area (Å²) in [6.07, 6.45) is -0.918. The van der Waals surface area contributed by atoms with Gasteiger partial charge in [-0.25, -0.2) is 4.79 Å². The Morgan fingerprint density at radius 3 is 2.47 bits per heavy atom. The third-order valence-corrected chi connectivity index (χ3v) is 5.96. The number of ether oxygens (including phenoxy) is 1. The fourth-order valence-corrected chi connectivity index (χ4v) is 3.80. The van der Waals surface area contributed by atoms with E-state index in [9.17, 15) is 14.7 Å². The smallest absolute Gasteiger partial charge is 0.332 e. The van der Waals surface area contributed by atoms with Gasteiger partial charge in [0.2, 0.25) is 5.95 Å². The van der Waals surface area contributed by atoms with Gasteiger partial charge in [-0.15, -0.1) is 0 Å². The second-order valence-electron chi connectivity index (χ2n) is 8.47. The van der Waals surface area contributed by atoms with Gasteiger partial charge in [-0.1, -0.05) is 36.4 Å². The summed E-state index contributed by atoms with van der Waals surface area (Å²) in [6, 6.07) is 15.5. The number of aliphatic hydroxyl groups excluding tert-OH is 1. The van der Waals surface area contributed by atoms with E-state index in [1.807, 2.05) is 62.4 Å². The van der Waals surface area contributed by atoms with E-state index in [1.54, 1.807) is 11.6 Å². The van der Waals surface area contributed by atoms with Gasteiger partial charge in [-0.05, 0) is 42.7 Å². The minimum absolute atomic E-state index is 0.0341. The third-order valence-electron chi connectivity index (χ3n) is 5.96. The third kappa shape index (κ3) is 4.60. The fraction of sp³-hybridized carbons (Fsp3) is 0.320. The molecule has 2 aromatic heterocycles. The monoisotopic (exact) mass is 463 g/mol. The number of nitrogens with zero attached hydrogens (tertiary/aromatic N) is 4. The van der Waals surface area contributed by atoms with Crippen molar-refractivity contribution >= 4 is 17.1 Å². The van der Waals surface area contributed by atoms with Crippen molar-refractivity contribution in [3.8, 4) is 5.75 Å². The van der Waals surface area contributed by atoms with Crippen LogP contribution in [-0.4, -0.2) is 36.5 Å². The lowest BCUT2D eigenvalue weighted by molar-refractivity contribution is 0.0938. The zero-order valence-electron chi connectivity index (χ0n) is 19.8. The van der Waals surface area contributed by atoms with Gasteiger partial charge in [-0.3, -0.25) is 13.9 Å². The Kier molecular flexibility index (Phi) is 6.56. The van der Waals surface area contributed by atoms with Crippen LogP contribution in [0, 0.1) is 13.8 Å². The summed E-state index contributed by atoms with van der Waals surface area (Å²) in [7, 11) is 3.00. The van der Waals surface area contributed by atoms with E-state index < -0.39 is 17.4 Å². The Bertz CT molecular complexity index is 1440. The molecule has 9 nitrogen and oxygen atoms in total. The Hall–Kier alpha value is -3.85. The molecule has 0 amide bonds. The molecule has 0 fully saturated rings. The van der Waals surface area contributed by atoms with Crippen molar-refractivity contribution in [3.63, 3.8) is 0 Å². The summed E-state index contributed by atoms with van der Waals surface area (Å²) in [5.74, 6) is 1.06. The summed E-state index contributed by atoms with van der Waals surface area (Å²) in [6.45, 7) is 4.59. The fourth-order valence-electron chi connectivity index (χ4n) is 3.80. The molecule has 0 saturated carbocycles. The molecule has 4 aromatic rings. The van der Waals surface area contributed by atoms with Gasteiger partial charge in [0.1, 0.15) is 18.5 Å². The molecule has 0 bridgehead atoms. The number of fused-ring (bicyclic) bond motifs is 1. The largest absolute Gasteiger partial charge is 0.491 e. The van der Waals surface area contributed by atoms with Crippen molar-refractivity contribution in [1.82, 2.24) is 18.7 Å². The Morgan fingerprint density at radius 2 is 1.76 bits per heavy atom. The predicted octanol–water partition coefficient (Wildman–Crippen LogP) is 2.10. The van der Waals surface area contributed by atoms with Crippen LogP contribution in [-0.2, 0) is 27.2 Å². The molecule has 0 spiro atoms. The quantitative estimate of drug-likeness (QED) is 0.415. The summed E-state index contributed by atoms with van der Waals surface area (Å²) in [4.78, 5) is 29.9. The van der Waals surface area contributed by atoms with Crippen LogP contribution < -0.4 is 21.3 Å². The zero-order chi connectivity index (χ0) is 24.4. The normalized spacial score (nSPS) is 12.1. The molecule has 9 heteroatoms. The highest BCUT2D eigenvalue weighted by Gasteiger charge is 2.21. The van der Waals surface area contributed by atoms with E-state index >= 15 is 0 Å². The molecule has 0 aliphatic heterocycles. The molecule has 2 heterocycles. The predicted molar refractivity (Wildman–Crippen MR) is 131 cm³/mol. The lowest BCUT2D eigenvalue weighted by Gasteiger charge is -2.16. The maximum atomic E-state index is 13.0. The number of aryl methyl sites for hydroxylation is 3. The van der Waals surface area contributed by atoms with Crippen LogP contribution >= 0.6 is 0 Å². The van der Waals surface area contributed by atoms with E-state index in [0.717, 1.165) is 21.3 Å². The number of rotatable bonds is 8. The van der Waals surface area contributed by atoms with Gasteiger partial charge in [-0.2, -0.15) is 4.98 Å². The molecule has 0 unspecified atom stereocenters. The molecule has 178 valence electrons. The van der Waals surface area contributed by atoms with Crippen LogP contribution in [0.25, 0.3) is 11.2 Å². The van der Waals surface area contributed by atoms with E-state index in [4.69, 9.17) is 4.74 Å². The molecule has 4 rings (SSSR count). The van der Waals surface area contributed by atoms with E-state index in [0.29, 0.717) is 18.2 Å². The first kappa shape index (κ1) is 23.3. The van der Waals surface area contributed by atoms with Gasteiger partial charge < -0.3 is 19.7 Å². The Morgan fingerprint density at radius 1 is 1.03 bits per heavy atom. The molecule has 2 aromatic carbocycles. The summed E-state index contributed by atoms with van der Waals surface area (Å²) in [5, 5.41) is 14.0. The van der Waals surface area contributed by atoms with Crippen molar-refractivity contribution in [1.29, 1.82) is 0 Å². The highest BCUT2D eigenvalue weighted by atomic mass is 16.5. The summed E-state index contributed by atoms with van der Waals surface area (Å²) < 4.78 is 9.78. The molecule has 2 N–H and O–H groups in total. The average Bonchev–Trinajstić information content (AvgIpc) is 3.19. The average molecular weight is 464 g/mol. The van der Waals surface area contributed by atoms with Crippen LogP contribution in [0.2, 0.25) is 0 Å². The minimum atomic E-state index is -0.918. The maximum absolute atomic E-state index is 13.0. The van der Waals surface area contributed by atoms with Crippen molar-refractivity contribution in [2.24, 2.45) is 14.1 Å². The second kappa shape index (κ2) is 9.56. The van der Waals surface area contributed by atoms with E-state index in [2.05, 4.69) is 10.3 Å². The first-order valence-corrected chi connectivity index (χ1v) is 11.1. The highest BCUT2D eigenvalue weighted by Crippen LogP contribution is 2.19. The lowest BCUT2D eigenvalue weighted by Crippen LogP contribution is -2.38. The summed E-state index contributed by atoms with van der Waals surface area (Å²) in [5.41, 5.74) is 2.85. The van der Waals surface area contributed by atoms with Gasteiger partial charge in [0, 0.05) is 20.6 Å². The molecule has 0 aliphatic carbocycles. The number of imidazole rings is 1. The van der Waals surface area contributed by atoms with Crippen LogP contribution in [0.4, 0.5) is 5.95 Å². The molecule has 1 atom stereocenters. The van der Waals surface area contributed by atoms with Crippen LogP contribution in [0.1, 0.15) is 16.7 Å². The van der Waals surface area contributed by atoms with Gasteiger partial charge in [0.25, 0.3) is 5.56 Å². The molecule has 34 heavy (non-hydrogen) atoms. The van der Waals surface area contributed by atoms with Crippen LogP contribution in [0.3, 0.4) is 0 Å². The Labute approximate surface area is 196 Å². The van der Waals surface area contributed by atoms with Crippen LogP contribution in [0.15, 0.2) is 58.1 Å². The van der Waals surface area contributed by atoms with Gasteiger partial charge in [0.15, 0.2) is 11.2 Å². The van der Waals surface area contributed by atoms with Crippen molar-refractivity contribution < 1.29 is 9.84 Å². The minimum Gasteiger partial charge on any atom is -0.491 e. The van der Waals surface area contributed by atoms with Crippen molar-refractivity contribution in [2.45, 2.75) is 33.0 Å². The number of hydrogen-bond donors (Lipinski definition) is 2. The van der Waals surface area contributed by atoms with Gasteiger partial charge >= 0.3 is 5.69 Å². The lowest BCUT2D eigenvalue weighted by atomic mass is 10.1. The van der Waals surface area contributed by atoms with Crippen molar-refractivity contribution in [3.05, 3.63) is 86.1 Å². The number of nitrogens with one attached hydrogen (secondary N) is 1. The number of anilines is 1. The number of benzene rings is 2. The number of aliphatic hydroxyl groups is 1. The summed E-state index contributed by atoms with van der Waals surface area (Å²) >= 11 is 0. The first-order valence-electron chi connectivity index (χ1n) is 11.1. The Balaban J connectivity index is 1.64. The molecular formula is C25H29N5O4. The van der Waals surface area contributed by atoms with Crippen molar-refractivity contribution in [2.75, 3.05) is 11.9 Å². The molecule has 0 aliphatic rings. The highest BCUT2D eigenvalue weighted by molar-refractivity contribution is 5.74. The zero-order valence-corrected chi connectivity index (χ0v) is 19.8. The molecule has 0 radical (unpaired) electrons. The first-order chi connectivity index (χ1) is 16.3. The SMILES string of the molecule is Cc1ccc(OC[C@H](O)Cn2c(NCc3ccccc3)nc3c2c(=O)n(C)c(=O)n3C)cc1C. The second-order valence-corrected chi connectivity index (χ2v) is 8.47. The molecule has 0 saturated heterocycles. The topological polar surface area (TPSA) is 103 Å². The number of aromatic nitrogens is 4. The number of hydrogen-bond acceptors (Lipinski definition) is 6. The standard InChI is InChI=1S/C25H29N5O4/c1-16-10-11-20(12-17(16)2)34-15-19(31)14-30-21-22(28(3)25(33)29(4)23(21)32)27-24(30)26-13-18-8-6-5-7-9-18/h5-12,19,31H,13-15H2,1-4H3,(H,26,27)/t19-/m1/s1. The molecular weight excluding hydrogens is 434 g/mol. The van der Waals surface area contributed by atoms with Crippen LogP contribution in [0.5, 0.6) is 5.75 Å². The van der Waals surface area contributed by atoms with E-state index in [1.165, 1.54) is 11.6 Å². The van der Waals surface area contributed by atoms with Gasteiger partial charge in [0.05, 0.1) is 6.54 Å². The van der Waals surface area contributed by atoms with E-state index in [-0.39, 0.29) is 24.3 Å². The maximum Gasteiger partial charge on any atom is 0.332 e.